The third-order valence-corrected chi connectivity index (χ3v) is 2.41. The molecule has 7 nitrogen and oxygen atoms in total. The maximum atomic E-state index is 7.26. The van der Waals surface area contributed by atoms with Crippen LogP contribution in [0.25, 0.3) is 0 Å². The molecule has 82 valence electrons. The van der Waals surface area contributed by atoms with E-state index in [2.05, 4.69) is 25.1 Å². The second-order valence-electron chi connectivity index (χ2n) is 2.94. The third kappa shape index (κ3) is 2.34. The second-order valence-corrected chi connectivity index (χ2v) is 3.88. The molecule has 0 atom stereocenters. The van der Waals surface area contributed by atoms with Crippen LogP contribution < -0.4 is 5.73 Å². The van der Waals surface area contributed by atoms with E-state index in [0.29, 0.717) is 16.0 Å². The van der Waals surface area contributed by atoms with Crippen LogP contribution in [-0.2, 0) is 0 Å². The Bertz CT molecular complexity index is 521. The van der Waals surface area contributed by atoms with Gasteiger partial charge in [0.2, 0.25) is 5.16 Å². The molecule has 16 heavy (non-hydrogen) atoms. The standard InChI is InChI=1S/C8H9N7S/c1-4-12-8(15-14-4)16-7-11-3-2-5(13-7)6(9)10/h2-3H,1H3,(H3,9,10)(H,12,14,15). The number of hydrogen-bond donors (Lipinski definition) is 3. The molecule has 4 N–H and O–H groups in total. The van der Waals surface area contributed by atoms with Crippen molar-refractivity contribution in [3.8, 4) is 0 Å². The van der Waals surface area contributed by atoms with E-state index in [4.69, 9.17) is 11.1 Å². The van der Waals surface area contributed by atoms with Crippen molar-refractivity contribution < 1.29 is 0 Å². The number of hydrogen-bond acceptors (Lipinski definition) is 6. The lowest BCUT2D eigenvalue weighted by molar-refractivity contribution is 0.925. The largest absolute Gasteiger partial charge is 0.382 e. The molecule has 0 aliphatic rings. The zero-order valence-electron chi connectivity index (χ0n) is 8.43. The molecule has 0 saturated carbocycles. The fourth-order valence-corrected chi connectivity index (χ4v) is 1.68. The lowest BCUT2D eigenvalue weighted by Gasteiger charge is -1.98. The number of nitrogen functional groups attached to an aromatic ring is 1. The van der Waals surface area contributed by atoms with E-state index in [1.807, 2.05) is 6.92 Å². The third-order valence-electron chi connectivity index (χ3n) is 1.67. The molecule has 0 radical (unpaired) electrons. The Morgan fingerprint density at radius 1 is 1.44 bits per heavy atom. The molecule has 0 aromatic carbocycles. The van der Waals surface area contributed by atoms with Gasteiger partial charge in [0, 0.05) is 6.20 Å². The molecule has 0 aliphatic carbocycles. The SMILES string of the molecule is Cc1nc(Sc2nccc(C(=N)N)n2)n[nH]1. The molecule has 2 aromatic heterocycles. The molecule has 2 rings (SSSR count). The van der Waals surface area contributed by atoms with Gasteiger partial charge in [-0.1, -0.05) is 0 Å². The molecule has 0 unspecified atom stereocenters. The van der Waals surface area contributed by atoms with Gasteiger partial charge in [0.05, 0.1) is 0 Å². The lowest BCUT2D eigenvalue weighted by Crippen LogP contribution is -2.13. The summed E-state index contributed by atoms with van der Waals surface area (Å²) in [5, 5.41) is 14.9. The molecule has 0 fully saturated rings. The van der Waals surface area contributed by atoms with Gasteiger partial charge in [0.25, 0.3) is 0 Å². The van der Waals surface area contributed by atoms with Crippen LogP contribution in [0.1, 0.15) is 11.5 Å². The zero-order chi connectivity index (χ0) is 11.5. The Labute approximate surface area is 95.4 Å². The average molecular weight is 235 g/mol. The van der Waals surface area contributed by atoms with E-state index in [1.54, 1.807) is 12.3 Å². The number of nitrogens with zero attached hydrogens (tertiary/aromatic N) is 4. The van der Waals surface area contributed by atoms with Crippen LogP contribution in [0.5, 0.6) is 0 Å². The number of nitrogens with one attached hydrogen (secondary N) is 2. The van der Waals surface area contributed by atoms with Gasteiger partial charge in [0.15, 0.2) is 5.16 Å². The normalized spacial score (nSPS) is 10.3. The summed E-state index contributed by atoms with van der Waals surface area (Å²) in [4.78, 5) is 12.2. The van der Waals surface area contributed by atoms with Crippen molar-refractivity contribution in [1.29, 1.82) is 5.41 Å². The fourth-order valence-electron chi connectivity index (χ4n) is 0.989. The van der Waals surface area contributed by atoms with Gasteiger partial charge in [-0.3, -0.25) is 10.5 Å². The fraction of sp³-hybridized carbons (Fsp3) is 0.125. The minimum absolute atomic E-state index is 0.0876. The van der Waals surface area contributed by atoms with Crippen LogP contribution >= 0.6 is 11.8 Å². The number of H-pyrrole nitrogens is 1. The first-order chi connectivity index (χ1) is 7.65. The molecule has 0 spiro atoms. The molecule has 8 heteroatoms. The van der Waals surface area contributed by atoms with Crippen molar-refractivity contribution in [1.82, 2.24) is 25.1 Å². The summed E-state index contributed by atoms with van der Waals surface area (Å²) in [6.07, 6.45) is 1.55. The van der Waals surface area contributed by atoms with Gasteiger partial charge < -0.3 is 5.73 Å². The van der Waals surface area contributed by atoms with E-state index in [-0.39, 0.29) is 5.84 Å². The number of aromatic amines is 1. The summed E-state index contributed by atoms with van der Waals surface area (Å²) in [6.45, 7) is 1.81. The molecule has 2 aromatic rings. The maximum Gasteiger partial charge on any atom is 0.216 e. The average Bonchev–Trinajstić information content (AvgIpc) is 2.64. The lowest BCUT2D eigenvalue weighted by atomic mass is 10.4. The highest BCUT2D eigenvalue weighted by Gasteiger charge is 2.07. The van der Waals surface area contributed by atoms with Gasteiger partial charge in [0.1, 0.15) is 17.4 Å². The molecular formula is C8H9N7S. The quantitative estimate of drug-likeness (QED) is 0.401. The molecule has 2 heterocycles. The van der Waals surface area contributed by atoms with Crippen molar-refractivity contribution >= 4 is 17.6 Å². The van der Waals surface area contributed by atoms with E-state index in [1.165, 1.54) is 11.8 Å². The Morgan fingerprint density at radius 2 is 2.25 bits per heavy atom. The summed E-state index contributed by atoms with van der Waals surface area (Å²) in [6, 6.07) is 1.58. The first-order valence-corrected chi connectivity index (χ1v) is 5.21. The Hall–Kier alpha value is -1.96. The molecule has 0 amide bonds. The number of rotatable bonds is 3. The van der Waals surface area contributed by atoms with Crippen LogP contribution in [0, 0.1) is 12.3 Å². The summed E-state index contributed by atoms with van der Waals surface area (Å²) < 4.78 is 0. The predicted molar refractivity (Wildman–Crippen MR) is 58.3 cm³/mol. The summed E-state index contributed by atoms with van der Waals surface area (Å²) in [5.41, 5.74) is 5.72. The number of nitrogens with two attached hydrogens (primary N) is 1. The van der Waals surface area contributed by atoms with Crippen LogP contribution in [0.3, 0.4) is 0 Å². The minimum Gasteiger partial charge on any atom is -0.382 e. The van der Waals surface area contributed by atoms with Gasteiger partial charge >= 0.3 is 0 Å². The van der Waals surface area contributed by atoms with Gasteiger partial charge in [-0.15, -0.1) is 5.10 Å². The van der Waals surface area contributed by atoms with Gasteiger partial charge in [-0.05, 0) is 24.8 Å². The highest BCUT2D eigenvalue weighted by atomic mass is 32.2. The monoisotopic (exact) mass is 235 g/mol. The van der Waals surface area contributed by atoms with Crippen molar-refractivity contribution in [2.45, 2.75) is 17.2 Å². The second kappa shape index (κ2) is 4.27. The van der Waals surface area contributed by atoms with Crippen molar-refractivity contribution in [2.75, 3.05) is 0 Å². The Balaban J connectivity index is 2.21. The summed E-state index contributed by atoms with van der Waals surface area (Å²) >= 11 is 1.21. The summed E-state index contributed by atoms with van der Waals surface area (Å²) in [7, 11) is 0. The number of aromatic nitrogens is 5. The number of aryl methyl sites for hydroxylation is 1. The molecule has 0 saturated heterocycles. The van der Waals surface area contributed by atoms with Gasteiger partial charge in [-0.2, -0.15) is 0 Å². The molecule has 0 bridgehead atoms. The first-order valence-electron chi connectivity index (χ1n) is 4.39. The highest BCUT2D eigenvalue weighted by Crippen LogP contribution is 2.19. The Morgan fingerprint density at radius 3 is 2.88 bits per heavy atom. The van der Waals surface area contributed by atoms with Crippen molar-refractivity contribution in [3.05, 3.63) is 23.8 Å². The van der Waals surface area contributed by atoms with Crippen LogP contribution in [-0.4, -0.2) is 31.0 Å². The first kappa shape index (κ1) is 10.6. The highest BCUT2D eigenvalue weighted by molar-refractivity contribution is 7.99. The van der Waals surface area contributed by atoms with E-state index >= 15 is 0 Å². The topological polar surface area (TPSA) is 117 Å². The number of amidine groups is 1. The van der Waals surface area contributed by atoms with Crippen LogP contribution in [0.2, 0.25) is 0 Å². The van der Waals surface area contributed by atoms with Crippen molar-refractivity contribution in [2.24, 2.45) is 5.73 Å². The zero-order valence-corrected chi connectivity index (χ0v) is 9.25. The predicted octanol–water partition coefficient (Wildman–Crippen LogP) is 0.338. The molecule has 0 aliphatic heterocycles. The van der Waals surface area contributed by atoms with E-state index < -0.39 is 0 Å². The van der Waals surface area contributed by atoms with Crippen LogP contribution in [0.15, 0.2) is 22.6 Å². The smallest absolute Gasteiger partial charge is 0.216 e. The molecular weight excluding hydrogens is 226 g/mol. The Kier molecular flexibility index (Phi) is 2.82. The van der Waals surface area contributed by atoms with Crippen LogP contribution in [0.4, 0.5) is 0 Å². The van der Waals surface area contributed by atoms with E-state index in [0.717, 1.165) is 5.82 Å². The van der Waals surface area contributed by atoms with Gasteiger partial charge in [-0.25, -0.2) is 15.0 Å². The summed E-state index contributed by atoms with van der Waals surface area (Å²) in [5.74, 6) is 0.639. The maximum absolute atomic E-state index is 7.26. The minimum atomic E-state index is -0.0876. The van der Waals surface area contributed by atoms with Crippen molar-refractivity contribution in [3.63, 3.8) is 0 Å². The van der Waals surface area contributed by atoms with E-state index in [9.17, 15) is 0 Å².